The molecular weight excluding hydrogens is 290 g/mol. The van der Waals surface area contributed by atoms with Gasteiger partial charge >= 0.3 is 0 Å². The van der Waals surface area contributed by atoms with Gasteiger partial charge < -0.3 is 19.7 Å². The third-order valence-corrected chi connectivity index (χ3v) is 4.04. The van der Waals surface area contributed by atoms with Crippen LogP contribution in [-0.2, 0) is 7.05 Å². The normalized spacial score (nSPS) is 12.5. The van der Waals surface area contributed by atoms with E-state index in [1.54, 1.807) is 7.11 Å². The maximum Gasteiger partial charge on any atom is 0.213 e. The molecule has 0 saturated heterocycles. The number of hydrogen-bond donors (Lipinski definition) is 2. The van der Waals surface area contributed by atoms with E-state index in [9.17, 15) is 5.11 Å². The molecule has 0 radical (unpaired) electrons. The van der Waals surface area contributed by atoms with E-state index in [4.69, 9.17) is 4.74 Å². The zero-order valence-corrected chi connectivity index (χ0v) is 13.6. The third-order valence-electron chi connectivity index (χ3n) is 4.04. The zero-order chi connectivity index (χ0) is 16.4. The average molecular weight is 311 g/mol. The monoisotopic (exact) mass is 311 g/mol. The molecule has 0 bridgehead atoms. The summed E-state index contributed by atoms with van der Waals surface area (Å²) < 4.78 is 7.30. The van der Waals surface area contributed by atoms with E-state index in [0.29, 0.717) is 12.4 Å². The molecule has 23 heavy (non-hydrogen) atoms. The fourth-order valence-corrected chi connectivity index (χ4v) is 2.82. The number of likely N-dealkylation sites (N-methyl/N-ethyl adjacent to an activating group) is 1. The van der Waals surface area contributed by atoms with Crippen LogP contribution >= 0.6 is 0 Å². The zero-order valence-electron chi connectivity index (χ0n) is 13.6. The number of aliphatic hydroxyl groups is 1. The lowest BCUT2D eigenvalue weighted by molar-refractivity contribution is 0.178. The minimum Gasteiger partial charge on any atom is -0.481 e. The van der Waals surface area contributed by atoms with Gasteiger partial charge in [-0.3, -0.25) is 0 Å². The van der Waals surface area contributed by atoms with Gasteiger partial charge in [0.25, 0.3) is 0 Å². The molecule has 3 rings (SSSR count). The number of aromatic nitrogens is 2. The summed E-state index contributed by atoms with van der Waals surface area (Å²) in [5.41, 5.74) is 4.11. The van der Waals surface area contributed by atoms with Gasteiger partial charge in [0.05, 0.1) is 24.9 Å². The Morgan fingerprint density at radius 1 is 1.35 bits per heavy atom. The fourth-order valence-electron chi connectivity index (χ4n) is 2.82. The summed E-state index contributed by atoms with van der Waals surface area (Å²) in [5, 5.41) is 14.3. The highest BCUT2D eigenvalue weighted by atomic mass is 16.5. The van der Waals surface area contributed by atoms with Crippen molar-refractivity contribution >= 4 is 10.9 Å². The van der Waals surface area contributed by atoms with Gasteiger partial charge in [-0.15, -0.1) is 0 Å². The number of hydrogen-bond acceptors (Lipinski definition) is 4. The highest BCUT2D eigenvalue weighted by Gasteiger charge is 2.13. The van der Waals surface area contributed by atoms with Gasteiger partial charge in [0.2, 0.25) is 5.88 Å². The van der Waals surface area contributed by atoms with Gasteiger partial charge in [0, 0.05) is 36.8 Å². The van der Waals surface area contributed by atoms with E-state index in [2.05, 4.69) is 22.6 Å². The molecule has 0 aliphatic carbocycles. The highest BCUT2D eigenvalue weighted by molar-refractivity contribution is 5.96. The molecule has 2 heterocycles. The maximum absolute atomic E-state index is 10.2. The van der Waals surface area contributed by atoms with E-state index >= 15 is 0 Å². The molecule has 1 atom stereocenters. The molecule has 5 heteroatoms. The van der Waals surface area contributed by atoms with Gasteiger partial charge in [-0.05, 0) is 24.2 Å². The predicted molar refractivity (Wildman–Crippen MR) is 91.6 cm³/mol. The van der Waals surface area contributed by atoms with E-state index in [-0.39, 0.29) is 0 Å². The topological polar surface area (TPSA) is 59.3 Å². The summed E-state index contributed by atoms with van der Waals surface area (Å²) in [6.45, 7) is 0.525. The number of methoxy groups -OCH3 is 1. The molecule has 0 amide bonds. The van der Waals surface area contributed by atoms with E-state index in [1.165, 1.54) is 0 Å². The number of pyridine rings is 1. The Morgan fingerprint density at radius 3 is 2.91 bits per heavy atom. The first-order valence-electron chi connectivity index (χ1n) is 7.56. The fraction of sp³-hybridized carbons (Fsp3) is 0.278. The average Bonchev–Trinajstić information content (AvgIpc) is 2.91. The smallest absolute Gasteiger partial charge is 0.213 e. The van der Waals surface area contributed by atoms with Crippen molar-refractivity contribution in [1.29, 1.82) is 0 Å². The number of fused-ring (bicyclic) bond motifs is 1. The number of nitrogens with zero attached hydrogens (tertiary/aromatic N) is 2. The minimum atomic E-state index is -0.522. The molecule has 2 aromatic heterocycles. The van der Waals surface area contributed by atoms with Crippen LogP contribution in [0.5, 0.6) is 5.88 Å². The number of benzene rings is 1. The second-order valence-electron chi connectivity index (χ2n) is 5.60. The molecule has 1 aromatic carbocycles. The second-order valence-corrected chi connectivity index (χ2v) is 5.60. The van der Waals surface area contributed by atoms with Crippen LogP contribution in [0.1, 0.15) is 11.7 Å². The van der Waals surface area contributed by atoms with Crippen molar-refractivity contribution in [2.45, 2.75) is 6.10 Å². The van der Waals surface area contributed by atoms with Crippen LogP contribution in [0.3, 0.4) is 0 Å². The van der Waals surface area contributed by atoms with Gasteiger partial charge in [-0.25, -0.2) is 4.98 Å². The summed E-state index contributed by atoms with van der Waals surface area (Å²) in [6, 6.07) is 9.95. The number of ether oxygens (including phenoxy) is 1. The maximum atomic E-state index is 10.2. The summed E-state index contributed by atoms with van der Waals surface area (Å²) >= 11 is 0. The Balaban J connectivity index is 2.11. The Labute approximate surface area is 135 Å². The predicted octanol–water partition coefficient (Wildman–Crippen LogP) is 2.50. The van der Waals surface area contributed by atoms with Crippen molar-refractivity contribution in [2.75, 3.05) is 20.7 Å². The lowest BCUT2D eigenvalue weighted by Crippen LogP contribution is -2.16. The van der Waals surface area contributed by atoms with Crippen molar-refractivity contribution in [1.82, 2.24) is 14.9 Å². The van der Waals surface area contributed by atoms with Crippen LogP contribution in [0.25, 0.3) is 22.0 Å². The first-order chi connectivity index (χ1) is 11.1. The van der Waals surface area contributed by atoms with E-state index in [0.717, 1.165) is 27.6 Å². The molecule has 5 nitrogen and oxygen atoms in total. The number of aryl methyl sites for hydroxylation is 1. The van der Waals surface area contributed by atoms with Gasteiger partial charge in [-0.1, -0.05) is 18.2 Å². The quantitative estimate of drug-likeness (QED) is 0.760. The van der Waals surface area contributed by atoms with Crippen LogP contribution in [0, 0.1) is 0 Å². The van der Waals surface area contributed by atoms with Crippen molar-refractivity contribution in [3.8, 4) is 17.0 Å². The van der Waals surface area contributed by atoms with Crippen LogP contribution in [-0.4, -0.2) is 35.4 Å². The molecule has 2 N–H and O–H groups in total. The molecule has 3 aromatic rings. The molecule has 120 valence electrons. The molecule has 0 aliphatic rings. The lowest BCUT2D eigenvalue weighted by atomic mass is 10.0. The van der Waals surface area contributed by atoms with Crippen LogP contribution < -0.4 is 10.1 Å². The number of nitrogens with one attached hydrogen (secondary N) is 1. The molecule has 0 spiro atoms. The highest BCUT2D eigenvalue weighted by Crippen LogP contribution is 2.32. The number of aliphatic hydroxyl groups excluding tert-OH is 1. The molecule has 0 saturated carbocycles. The first-order valence-corrected chi connectivity index (χ1v) is 7.56. The molecule has 0 fully saturated rings. The number of rotatable bonds is 5. The van der Waals surface area contributed by atoms with E-state index in [1.807, 2.05) is 49.1 Å². The van der Waals surface area contributed by atoms with Crippen molar-refractivity contribution in [3.05, 3.63) is 48.3 Å². The van der Waals surface area contributed by atoms with Gasteiger partial charge in [-0.2, -0.15) is 0 Å². The van der Waals surface area contributed by atoms with Crippen LogP contribution in [0.4, 0.5) is 0 Å². The largest absolute Gasteiger partial charge is 0.481 e. The van der Waals surface area contributed by atoms with Gasteiger partial charge in [0.1, 0.15) is 0 Å². The lowest BCUT2D eigenvalue weighted by Gasteiger charge is -2.11. The first kappa shape index (κ1) is 15.5. The third kappa shape index (κ3) is 2.93. The summed E-state index contributed by atoms with van der Waals surface area (Å²) in [5.74, 6) is 0.594. The second kappa shape index (κ2) is 6.40. The van der Waals surface area contributed by atoms with Crippen molar-refractivity contribution < 1.29 is 9.84 Å². The standard InChI is InChI=1S/C18H21N3O2/c1-19-10-17(22)13-6-4-5-12(7-13)15-11-21(2)16-9-20-18(23-3)8-14(15)16/h4-9,11,17,19,22H,10H2,1-3H3. The Kier molecular flexibility index (Phi) is 4.32. The van der Waals surface area contributed by atoms with Crippen molar-refractivity contribution in [3.63, 3.8) is 0 Å². The van der Waals surface area contributed by atoms with Crippen LogP contribution in [0.15, 0.2) is 42.7 Å². The Morgan fingerprint density at radius 2 is 2.17 bits per heavy atom. The summed E-state index contributed by atoms with van der Waals surface area (Å²) in [4.78, 5) is 4.27. The molecular formula is C18H21N3O2. The minimum absolute atomic E-state index is 0.522. The SMILES string of the molecule is CNCC(O)c1cccc(-c2cn(C)c3cnc(OC)cc23)c1. The summed E-state index contributed by atoms with van der Waals surface area (Å²) in [6.07, 6.45) is 3.37. The van der Waals surface area contributed by atoms with Crippen molar-refractivity contribution in [2.24, 2.45) is 7.05 Å². The van der Waals surface area contributed by atoms with Gasteiger partial charge in [0.15, 0.2) is 0 Å². The Bertz CT molecular complexity index is 826. The van der Waals surface area contributed by atoms with E-state index < -0.39 is 6.10 Å². The molecule has 1 unspecified atom stereocenters. The Hall–Kier alpha value is -2.37. The summed E-state index contributed by atoms with van der Waals surface area (Å²) in [7, 11) is 5.45. The molecule has 0 aliphatic heterocycles. The van der Waals surface area contributed by atoms with Crippen LogP contribution in [0.2, 0.25) is 0 Å².